The van der Waals surface area contributed by atoms with Gasteiger partial charge < -0.3 is 14.5 Å². The number of nitrogens with one attached hydrogen (secondary N) is 1. The van der Waals surface area contributed by atoms with Crippen LogP contribution in [0, 0.1) is 4.64 Å². The highest BCUT2D eigenvalue weighted by molar-refractivity contribution is 7.71. The van der Waals surface area contributed by atoms with Gasteiger partial charge in [0.05, 0.1) is 19.8 Å². The Hall–Kier alpha value is -0.920. The van der Waals surface area contributed by atoms with Crippen molar-refractivity contribution < 1.29 is 18.3 Å². The molecule has 18 heavy (non-hydrogen) atoms. The molecule has 100 valence electrons. The van der Waals surface area contributed by atoms with Crippen LogP contribution in [0.25, 0.3) is 0 Å². The molecule has 4 nitrogen and oxygen atoms in total. The van der Waals surface area contributed by atoms with E-state index in [1.807, 2.05) is 0 Å². The van der Waals surface area contributed by atoms with E-state index in [2.05, 4.69) is 9.97 Å². The number of H-pyrrole nitrogens is 1. The first-order valence-electron chi connectivity index (χ1n) is 5.71. The molecule has 0 amide bonds. The van der Waals surface area contributed by atoms with Crippen LogP contribution in [0.4, 0.5) is 8.78 Å². The summed E-state index contributed by atoms with van der Waals surface area (Å²) in [5.74, 6) is 0.676. The summed E-state index contributed by atoms with van der Waals surface area (Å²) in [6.45, 7) is 0.806. The highest BCUT2D eigenvalue weighted by atomic mass is 32.1. The van der Waals surface area contributed by atoms with Crippen molar-refractivity contribution in [3.05, 3.63) is 21.7 Å². The predicted molar refractivity (Wildman–Crippen MR) is 63.3 cm³/mol. The zero-order chi connectivity index (χ0) is 13.0. The molecule has 1 aliphatic rings. The van der Waals surface area contributed by atoms with Crippen molar-refractivity contribution >= 4 is 12.2 Å². The fourth-order valence-electron chi connectivity index (χ4n) is 1.77. The van der Waals surface area contributed by atoms with Crippen molar-refractivity contribution in [3.8, 4) is 0 Å². The summed E-state index contributed by atoms with van der Waals surface area (Å²) in [4.78, 5) is 7.38. The second kappa shape index (κ2) is 6.31. The van der Waals surface area contributed by atoms with E-state index in [0.717, 1.165) is 17.7 Å². The van der Waals surface area contributed by atoms with Gasteiger partial charge in [-0.1, -0.05) is 12.2 Å². The molecule has 2 rings (SSSR count). The molecule has 0 atom stereocenters. The number of fused-ring (bicyclic) bond motifs is 1. The second-order valence-corrected chi connectivity index (χ2v) is 4.35. The highest BCUT2D eigenvalue weighted by Gasteiger charge is 2.13. The number of halogens is 2. The number of hydrogen-bond acceptors (Lipinski definition) is 4. The zero-order valence-electron chi connectivity index (χ0n) is 9.75. The third-order valence-corrected chi connectivity index (χ3v) is 2.96. The van der Waals surface area contributed by atoms with Crippen LogP contribution in [0.5, 0.6) is 0 Å². The average molecular weight is 276 g/mol. The Morgan fingerprint density at radius 1 is 1.50 bits per heavy atom. The number of rotatable bonds is 5. The van der Waals surface area contributed by atoms with Gasteiger partial charge in [-0.2, -0.15) is 0 Å². The van der Waals surface area contributed by atoms with E-state index in [4.69, 9.17) is 21.7 Å². The SMILES string of the molecule is FC(F)COCCc1nc(=S)c2c([nH]1)CCOC2. The van der Waals surface area contributed by atoms with Gasteiger partial charge in [-0.3, -0.25) is 0 Å². The van der Waals surface area contributed by atoms with Gasteiger partial charge in [-0.15, -0.1) is 0 Å². The van der Waals surface area contributed by atoms with Crippen LogP contribution in [0.3, 0.4) is 0 Å². The van der Waals surface area contributed by atoms with Crippen molar-refractivity contribution in [2.24, 2.45) is 0 Å². The standard InChI is InChI=1S/C11H14F2N2O2S/c12-9(13)6-17-4-2-10-14-8-1-3-16-5-7(8)11(18)15-10/h9H,1-6H2,(H,14,15,18). The molecule has 0 bridgehead atoms. The van der Waals surface area contributed by atoms with Crippen molar-refractivity contribution in [3.63, 3.8) is 0 Å². The maximum Gasteiger partial charge on any atom is 0.261 e. The van der Waals surface area contributed by atoms with Crippen LogP contribution >= 0.6 is 12.2 Å². The zero-order valence-corrected chi connectivity index (χ0v) is 10.6. The lowest BCUT2D eigenvalue weighted by molar-refractivity contribution is 0.0182. The smallest absolute Gasteiger partial charge is 0.261 e. The molecule has 7 heteroatoms. The minimum Gasteiger partial charge on any atom is -0.376 e. The number of nitrogens with zero attached hydrogens (tertiary/aromatic N) is 1. The summed E-state index contributed by atoms with van der Waals surface area (Å²) < 4.78 is 34.4. The number of aromatic nitrogens is 2. The summed E-state index contributed by atoms with van der Waals surface area (Å²) in [5.41, 5.74) is 1.96. The molecular weight excluding hydrogens is 262 g/mol. The number of alkyl halides is 2. The first-order valence-corrected chi connectivity index (χ1v) is 6.12. The molecule has 0 aliphatic carbocycles. The lowest BCUT2D eigenvalue weighted by Crippen LogP contribution is -2.16. The van der Waals surface area contributed by atoms with Crippen molar-refractivity contribution in [1.29, 1.82) is 0 Å². The molecule has 0 saturated carbocycles. The summed E-state index contributed by atoms with van der Waals surface area (Å²) in [6.07, 6.45) is -1.21. The molecular formula is C11H14F2N2O2S. The second-order valence-electron chi connectivity index (χ2n) is 3.96. The average Bonchev–Trinajstić information content (AvgIpc) is 2.35. The van der Waals surface area contributed by atoms with Gasteiger partial charge in [0.2, 0.25) is 0 Å². The summed E-state index contributed by atoms with van der Waals surface area (Å²) in [6, 6.07) is 0. The normalized spacial score (nSPS) is 14.8. The first kappa shape index (κ1) is 13.5. The maximum absolute atomic E-state index is 11.9. The van der Waals surface area contributed by atoms with Crippen molar-refractivity contribution in [1.82, 2.24) is 9.97 Å². The largest absolute Gasteiger partial charge is 0.376 e. The Labute approximate surface area is 108 Å². The Bertz CT molecular complexity index is 465. The van der Waals surface area contributed by atoms with E-state index in [9.17, 15) is 8.78 Å². The third kappa shape index (κ3) is 3.54. The number of ether oxygens (including phenoxy) is 2. The van der Waals surface area contributed by atoms with Crippen molar-refractivity contribution in [2.75, 3.05) is 19.8 Å². The molecule has 0 saturated heterocycles. The topological polar surface area (TPSA) is 47.1 Å². The lowest BCUT2D eigenvalue weighted by Gasteiger charge is -2.17. The Morgan fingerprint density at radius 2 is 2.33 bits per heavy atom. The van der Waals surface area contributed by atoms with Gasteiger partial charge in [-0.25, -0.2) is 13.8 Å². The molecule has 1 aromatic rings. The van der Waals surface area contributed by atoms with Gasteiger partial charge >= 0.3 is 0 Å². The fourth-order valence-corrected chi connectivity index (χ4v) is 2.06. The third-order valence-electron chi connectivity index (χ3n) is 2.62. The van der Waals surface area contributed by atoms with Crippen LogP contribution in [0.2, 0.25) is 0 Å². The number of hydrogen-bond donors (Lipinski definition) is 1. The minimum absolute atomic E-state index is 0.206. The molecule has 2 heterocycles. The van der Waals surface area contributed by atoms with E-state index >= 15 is 0 Å². The summed E-state index contributed by atoms with van der Waals surface area (Å²) in [7, 11) is 0. The summed E-state index contributed by atoms with van der Waals surface area (Å²) in [5, 5.41) is 0. The van der Waals surface area contributed by atoms with E-state index in [1.54, 1.807) is 0 Å². The molecule has 0 spiro atoms. The van der Waals surface area contributed by atoms with Gasteiger partial charge in [0.25, 0.3) is 6.43 Å². The monoisotopic (exact) mass is 276 g/mol. The molecule has 1 aromatic heterocycles. The first-order chi connectivity index (χ1) is 8.66. The van der Waals surface area contributed by atoms with E-state index in [-0.39, 0.29) is 6.61 Å². The fraction of sp³-hybridized carbons (Fsp3) is 0.636. The van der Waals surface area contributed by atoms with Gasteiger partial charge in [0.1, 0.15) is 17.1 Å². The number of aromatic amines is 1. The van der Waals surface area contributed by atoms with Gasteiger partial charge in [-0.05, 0) is 0 Å². The lowest BCUT2D eigenvalue weighted by atomic mass is 10.1. The quantitative estimate of drug-likeness (QED) is 0.660. The van der Waals surface area contributed by atoms with Gasteiger partial charge in [0, 0.05) is 24.1 Å². The predicted octanol–water partition coefficient (Wildman–Crippen LogP) is 2.04. The van der Waals surface area contributed by atoms with Crippen molar-refractivity contribution in [2.45, 2.75) is 25.9 Å². The van der Waals surface area contributed by atoms with Crippen LogP contribution in [0.15, 0.2) is 0 Å². The molecule has 1 N–H and O–H groups in total. The molecule has 0 aromatic carbocycles. The van der Waals surface area contributed by atoms with Crippen LogP contribution in [-0.4, -0.2) is 36.2 Å². The molecule has 0 radical (unpaired) electrons. The van der Waals surface area contributed by atoms with E-state index in [1.165, 1.54) is 0 Å². The molecule has 0 unspecified atom stereocenters. The summed E-state index contributed by atoms with van der Waals surface area (Å²) >= 11 is 5.17. The van der Waals surface area contributed by atoms with Crippen LogP contribution in [0.1, 0.15) is 17.1 Å². The minimum atomic E-state index is -2.43. The van der Waals surface area contributed by atoms with Gasteiger partial charge in [0.15, 0.2) is 0 Å². The Kier molecular flexibility index (Phi) is 4.73. The highest BCUT2D eigenvalue weighted by Crippen LogP contribution is 2.15. The van der Waals surface area contributed by atoms with Crippen LogP contribution < -0.4 is 0 Å². The Morgan fingerprint density at radius 3 is 3.11 bits per heavy atom. The van der Waals surface area contributed by atoms with E-state index < -0.39 is 13.0 Å². The van der Waals surface area contributed by atoms with Crippen LogP contribution in [-0.2, 0) is 28.9 Å². The molecule has 1 aliphatic heterocycles. The van der Waals surface area contributed by atoms with E-state index in [0.29, 0.717) is 30.1 Å². The maximum atomic E-state index is 11.9. The Balaban J connectivity index is 1.97. The molecule has 0 fully saturated rings.